The number of fused-ring (bicyclic) bond motifs is 9. The molecule has 0 radical (unpaired) electrons. The fourth-order valence-electron chi connectivity index (χ4n) is 7.64. The van der Waals surface area contributed by atoms with Crippen LogP contribution in [0.15, 0.2) is 173 Å². The Kier molecular flexibility index (Phi) is 6.18. The van der Waals surface area contributed by atoms with E-state index in [4.69, 9.17) is 23.8 Å². The van der Waals surface area contributed by atoms with Crippen LogP contribution in [0.5, 0.6) is 0 Å². The lowest BCUT2D eigenvalue weighted by Gasteiger charge is -2.10. The van der Waals surface area contributed by atoms with Crippen LogP contribution in [-0.2, 0) is 0 Å². The van der Waals surface area contributed by atoms with Crippen molar-refractivity contribution < 1.29 is 8.83 Å². The standard InChI is InChI=1S/C47H27N3O2/c1-2-12-29(13-3-1)38-27-39-34-24-23-32(26-42(34)52-44(39)35-16-7-6-15-33(35)38)46-48-45(31-22-21-28-11-4-5-14-30(28)25-31)49-47(50-46)37-18-10-20-41-43(37)36-17-8-9-19-40(36)51-41/h1-27H. The van der Waals surface area contributed by atoms with Crippen molar-refractivity contribution in [1.29, 1.82) is 0 Å². The number of aromatic nitrogens is 3. The molecule has 11 rings (SSSR count). The van der Waals surface area contributed by atoms with Gasteiger partial charge in [-0.25, -0.2) is 15.0 Å². The predicted molar refractivity (Wildman–Crippen MR) is 211 cm³/mol. The zero-order valence-electron chi connectivity index (χ0n) is 27.7. The maximum atomic E-state index is 6.71. The van der Waals surface area contributed by atoms with E-state index in [-0.39, 0.29) is 0 Å². The minimum atomic E-state index is 0.565. The fraction of sp³-hybridized carbons (Fsp3) is 0. The number of furan rings is 2. The lowest BCUT2D eigenvalue weighted by atomic mass is 9.95. The molecule has 0 aliphatic rings. The van der Waals surface area contributed by atoms with Crippen molar-refractivity contribution in [2.24, 2.45) is 0 Å². The fourth-order valence-corrected chi connectivity index (χ4v) is 7.64. The van der Waals surface area contributed by atoms with E-state index in [0.717, 1.165) is 82.1 Å². The van der Waals surface area contributed by atoms with E-state index in [1.807, 2.05) is 30.3 Å². The van der Waals surface area contributed by atoms with Gasteiger partial charge in [0.05, 0.1) is 0 Å². The van der Waals surface area contributed by atoms with Gasteiger partial charge in [0.1, 0.15) is 22.3 Å². The maximum Gasteiger partial charge on any atom is 0.164 e. The summed E-state index contributed by atoms with van der Waals surface area (Å²) in [7, 11) is 0. The number of benzene rings is 8. The average Bonchev–Trinajstić information content (AvgIpc) is 3.79. The lowest BCUT2D eigenvalue weighted by Crippen LogP contribution is -2.00. The highest BCUT2D eigenvalue weighted by atomic mass is 16.3. The largest absolute Gasteiger partial charge is 0.456 e. The van der Waals surface area contributed by atoms with Crippen molar-refractivity contribution in [3.8, 4) is 45.3 Å². The van der Waals surface area contributed by atoms with Crippen molar-refractivity contribution >= 4 is 65.4 Å². The topological polar surface area (TPSA) is 65.0 Å². The van der Waals surface area contributed by atoms with Crippen molar-refractivity contribution in [3.05, 3.63) is 164 Å². The Morgan fingerprint density at radius 1 is 0.327 bits per heavy atom. The number of nitrogens with zero attached hydrogens (tertiary/aromatic N) is 3. The highest BCUT2D eigenvalue weighted by Crippen LogP contribution is 2.41. The molecule has 0 saturated carbocycles. The first-order valence-electron chi connectivity index (χ1n) is 17.3. The molecule has 0 fully saturated rings. The van der Waals surface area contributed by atoms with Crippen LogP contribution in [-0.4, -0.2) is 15.0 Å². The molecule has 0 amide bonds. The average molecular weight is 666 g/mol. The van der Waals surface area contributed by atoms with Crippen LogP contribution in [0.1, 0.15) is 0 Å². The summed E-state index contributed by atoms with van der Waals surface area (Å²) in [4.78, 5) is 15.4. The maximum absolute atomic E-state index is 6.71. The summed E-state index contributed by atoms with van der Waals surface area (Å²) in [5.41, 5.74) is 8.26. The highest BCUT2D eigenvalue weighted by Gasteiger charge is 2.20. The van der Waals surface area contributed by atoms with Crippen LogP contribution < -0.4 is 0 Å². The second kappa shape index (κ2) is 11.2. The van der Waals surface area contributed by atoms with Gasteiger partial charge in [-0.1, -0.05) is 127 Å². The minimum Gasteiger partial charge on any atom is -0.456 e. The summed E-state index contributed by atoms with van der Waals surface area (Å²) in [5, 5.41) is 8.64. The molecule has 0 aliphatic heterocycles. The zero-order chi connectivity index (χ0) is 34.2. The van der Waals surface area contributed by atoms with Gasteiger partial charge in [-0.3, -0.25) is 0 Å². The molecule has 0 bridgehead atoms. The van der Waals surface area contributed by atoms with E-state index >= 15 is 0 Å². The summed E-state index contributed by atoms with van der Waals surface area (Å²) in [6.07, 6.45) is 0. The van der Waals surface area contributed by atoms with Crippen LogP contribution in [0, 0.1) is 0 Å². The van der Waals surface area contributed by atoms with Crippen molar-refractivity contribution in [2.75, 3.05) is 0 Å². The smallest absolute Gasteiger partial charge is 0.164 e. The minimum absolute atomic E-state index is 0.565. The molecule has 0 spiro atoms. The van der Waals surface area contributed by atoms with Crippen LogP contribution in [0.25, 0.3) is 111 Å². The van der Waals surface area contributed by atoms with Crippen molar-refractivity contribution in [3.63, 3.8) is 0 Å². The first kappa shape index (κ1) is 28.7. The predicted octanol–water partition coefficient (Wildman–Crippen LogP) is 12.6. The molecule has 11 aromatic rings. The molecule has 8 aromatic carbocycles. The number of hydrogen-bond donors (Lipinski definition) is 0. The number of hydrogen-bond acceptors (Lipinski definition) is 5. The summed E-state index contributed by atoms with van der Waals surface area (Å²) in [6.45, 7) is 0. The first-order valence-corrected chi connectivity index (χ1v) is 17.3. The van der Waals surface area contributed by atoms with Gasteiger partial charge in [0, 0.05) is 43.6 Å². The van der Waals surface area contributed by atoms with E-state index in [1.165, 1.54) is 11.1 Å². The molecule has 5 heteroatoms. The number of para-hydroxylation sites is 1. The second-order valence-electron chi connectivity index (χ2n) is 13.2. The molecule has 3 heterocycles. The van der Waals surface area contributed by atoms with Gasteiger partial charge < -0.3 is 8.83 Å². The van der Waals surface area contributed by atoms with Crippen LogP contribution in [0.2, 0.25) is 0 Å². The summed E-state index contributed by atoms with van der Waals surface area (Å²) in [5.74, 6) is 1.74. The molecule has 0 unspecified atom stereocenters. The Hall–Kier alpha value is -7.11. The quantitative estimate of drug-likeness (QED) is 0.187. The van der Waals surface area contributed by atoms with Crippen molar-refractivity contribution in [2.45, 2.75) is 0 Å². The SMILES string of the molecule is c1ccc(-c2cc3c4ccc(-c5nc(-c6ccc7ccccc7c6)nc(-c6cccc7oc8ccccc8c67)n5)cc4oc3c3ccccc23)cc1. The van der Waals surface area contributed by atoms with Crippen LogP contribution in [0.3, 0.4) is 0 Å². The third kappa shape index (κ3) is 4.46. The Morgan fingerprint density at radius 3 is 1.87 bits per heavy atom. The van der Waals surface area contributed by atoms with Gasteiger partial charge in [0.25, 0.3) is 0 Å². The monoisotopic (exact) mass is 665 g/mol. The van der Waals surface area contributed by atoms with Crippen molar-refractivity contribution in [1.82, 2.24) is 15.0 Å². The lowest BCUT2D eigenvalue weighted by molar-refractivity contribution is 0.669. The second-order valence-corrected chi connectivity index (χ2v) is 13.2. The molecular formula is C47H27N3O2. The Balaban J connectivity index is 1.14. The molecule has 0 atom stereocenters. The van der Waals surface area contributed by atoms with Gasteiger partial charge in [0.2, 0.25) is 0 Å². The molecule has 242 valence electrons. The first-order chi connectivity index (χ1) is 25.7. The Labute approximate surface area is 297 Å². The molecule has 3 aromatic heterocycles. The van der Waals surface area contributed by atoms with E-state index in [0.29, 0.717) is 17.5 Å². The molecule has 0 saturated heterocycles. The normalized spacial score (nSPS) is 11.8. The summed E-state index contributed by atoms with van der Waals surface area (Å²) >= 11 is 0. The Bertz CT molecular complexity index is 3190. The third-order valence-corrected chi connectivity index (χ3v) is 10.1. The van der Waals surface area contributed by atoms with Crippen LogP contribution >= 0.6 is 0 Å². The van der Waals surface area contributed by atoms with E-state index in [1.54, 1.807) is 0 Å². The molecular weight excluding hydrogens is 639 g/mol. The van der Waals surface area contributed by atoms with Gasteiger partial charge in [-0.15, -0.1) is 0 Å². The molecule has 5 nitrogen and oxygen atoms in total. The third-order valence-electron chi connectivity index (χ3n) is 10.1. The van der Waals surface area contributed by atoms with Gasteiger partial charge >= 0.3 is 0 Å². The zero-order valence-corrected chi connectivity index (χ0v) is 27.7. The number of rotatable bonds is 4. The van der Waals surface area contributed by atoms with Gasteiger partial charge in [-0.2, -0.15) is 0 Å². The van der Waals surface area contributed by atoms with E-state index in [2.05, 4.69) is 133 Å². The Morgan fingerprint density at radius 2 is 1.00 bits per heavy atom. The molecule has 0 aliphatic carbocycles. The molecule has 0 N–H and O–H groups in total. The van der Waals surface area contributed by atoms with Gasteiger partial charge in [0.15, 0.2) is 17.5 Å². The highest BCUT2D eigenvalue weighted by molar-refractivity contribution is 6.19. The molecule has 52 heavy (non-hydrogen) atoms. The van der Waals surface area contributed by atoms with E-state index in [9.17, 15) is 0 Å². The summed E-state index contributed by atoms with van der Waals surface area (Å²) in [6, 6.07) is 56.3. The van der Waals surface area contributed by atoms with E-state index < -0.39 is 0 Å². The van der Waals surface area contributed by atoms with Gasteiger partial charge in [-0.05, 0) is 63.7 Å². The van der Waals surface area contributed by atoms with Crippen LogP contribution in [0.4, 0.5) is 0 Å². The summed E-state index contributed by atoms with van der Waals surface area (Å²) < 4.78 is 13.0.